The molecule has 0 aliphatic carbocycles. The number of aromatic amines is 1. The van der Waals surface area contributed by atoms with E-state index >= 15 is 0 Å². The molecule has 1 aliphatic rings. The first-order valence-corrected chi connectivity index (χ1v) is 4.60. The molecule has 1 N–H and O–H groups in total. The fourth-order valence-electron chi connectivity index (χ4n) is 1.65. The van der Waals surface area contributed by atoms with Crippen molar-refractivity contribution < 1.29 is 9.13 Å². The van der Waals surface area contributed by atoms with E-state index in [4.69, 9.17) is 4.74 Å². The molecule has 1 saturated heterocycles. The molecule has 0 atom stereocenters. The molecule has 14 heavy (non-hydrogen) atoms. The van der Waals surface area contributed by atoms with E-state index in [0.29, 0.717) is 13.2 Å². The number of hydrogen-bond acceptors (Lipinski definition) is 3. The van der Waals surface area contributed by atoms with Crippen LogP contribution in [0.3, 0.4) is 0 Å². The molecule has 0 amide bonds. The Labute approximate surface area is 80.1 Å². The Morgan fingerprint density at radius 2 is 2.21 bits per heavy atom. The van der Waals surface area contributed by atoms with Crippen LogP contribution in [0.2, 0.25) is 0 Å². The van der Waals surface area contributed by atoms with Gasteiger partial charge in [-0.25, -0.2) is 4.98 Å². The highest BCUT2D eigenvalue weighted by atomic mass is 19.1. The average molecular weight is 198 g/mol. The third-order valence-electron chi connectivity index (χ3n) is 2.43. The number of halogens is 1. The molecule has 2 rings (SSSR count). The molecule has 76 valence electrons. The van der Waals surface area contributed by atoms with E-state index in [9.17, 15) is 9.18 Å². The average Bonchev–Trinajstić information content (AvgIpc) is 2.23. The van der Waals surface area contributed by atoms with Crippen LogP contribution in [0.25, 0.3) is 0 Å². The summed E-state index contributed by atoms with van der Waals surface area (Å²) in [5.74, 6) is -0.731. The van der Waals surface area contributed by atoms with Gasteiger partial charge in [0.2, 0.25) is 5.82 Å². The molecule has 0 radical (unpaired) electrons. The van der Waals surface area contributed by atoms with Gasteiger partial charge in [0.25, 0.3) is 5.56 Å². The molecule has 1 aromatic heterocycles. The van der Waals surface area contributed by atoms with Crippen LogP contribution in [0.15, 0.2) is 11.1 Å². The lowest BCUT2D eigenvalue weighted by Crippen LogP contribution is -2.21. The summed E-state index contributed by atoms with van der Waals surface area (Å²) in [5, 5.41) is 0. The Balaban J connectivity index is 2.30. The van der Waals surface area contributed by atoms with Crippen molar-refractivity contribution >= 4 is 0 Å². The van der Waals surface area contributed by atoms with Crippen molar-refractivity contribution in [2.24, 2.45) is 0 Å². The molecule has 1 aromatic rings. The van der Waals surface area contributed by atoms with E-state index in [-0.39, 0.29) is 11.6 Å². The number of rotatable bonds is 1. The van der Waals surface area contributed by atoms with Crippen LogP contribution in [0.5, 0.6) is 0 Å². The van der Waals surface area contributed by atoms with E-state index < -0.39 is 11.4 Å². The van der Waals surface area contributed by atoms with Gasteiger partial charge >= 0.3 is 0 Å². The second kappa shape index (κ2) is 3.88. The number of nitrogens with zero attached hydrogens (tertiary/aromatic N) is 1. The maximum Gasteiger partial charge on any atom is 0.287 e. The maximum absolute atomic E-state index is 13.3. The van der Waals surface area contributed by atoms with Crippen molar-refractivity contribution in [3.8, 4) is 0 Å². The highest BCUT2D eigenvalue weighted by Gasteiger charge is 2.21. The zero-order valence-electron chi connectivity index (χ0n) is 7.62. The van der Waals surface area contributed by atoms with E-state index in [0.717, 1.165) is 12.8 Å². The molecule has 4 nitrogen and oxygen atoms in total. The summed E-state index contributed by atoms with van der Waals surface area (Å²) < 4.78 is 18.5. The summed E-state index contributed by atoms with van der Waals surface area (Å²) >= 11 is 0. The third kappa shape index (κ3) is 1.68. The molecule has 1 aliphatic heterocycles. The normalized spacial score (nSPS) is 18.4. The van der Waals surface area contributed by atoms with Gasteiger partial charge in [-0.3, -0.25) is 4.79 Å². The molecule has 0 bridgehead atoms. The van der Waals surface area contributed by atoms with Crippen molar-refractivity contribution in [1.29, 1.82) is 0 Å². The van der Waals surface area contributed by atoms with Crippen molar-refractivity contribution in [1.82, 2.24) is 9.97 Å². The third-order valence-corrected chi connectivity index (χ3v) is 2.43. The number of hydrogen-bond donors (Lipinski definition) is 1. The first kappa shape index (κ1) is 9.33. The van der Waals surface area contributed by atoms with E-state index in [1.54, 1.807) is 0 Å². The van der Waals surface area contributed by atoms with Crippen LogP contribution in [0.1, 0.15) is 24.5 Å². The fraction of sp³-hybridized carbons (Fsp3) is 0.556. The van der Waals surface area contributed by atoms with Crippen LogP contribution < -0.4 is 5.56 Å². The Morgan fingerprint density at radius 1 is 1.50 bits per heavy atom. The smallest absolute Gasteiger partial charge is 0.287 e. The first-order valence-electron chi connectivity index (χ1n) is 4.60. The first-order chi connectivity index (χ1) is 6.79. The number of nitrogens with one attached hydrogen (secondary N) is 1. The van der Waals surface area contributed by atoms with Gasteiger partial charge in [0.15, 0.2) is 0 Å². The number of ether oxygens (including phenoxy) is 1. The highest BCUT2D eigenvalue weighted by molar-refractivity contribution is 5.09. The summed E-state index contributed by atoms with van der Waals surface area (Å²) in [7, 11) is 0. The van der Waals surface area contributed by atoms with E-state index in [2.05, 4.69) is 9.97 Å². The molecule has 0 spiro atoms. The molecular weight excluding hydrogens is 187 g/mol. The molecule has 0 unspecified atom stereocenters. The summed E-state index contributed by atoms with van der Waals surface area (Å²) in [6, 6.07) is 0. The largest absolute Gasteiger partial charge is 0.381 e. The van der Waals surface area contributed by atoms with Crippen LogP contribution in [-0.2, 0) is 4.74 Å². The molecule has 2 heterocycles. The van der Waals surface area contributed by atoms with Gasteiger partial charge in [0.05, 0.1) is 12.0 Å². The zero-order valence-corrected chi connectivity index (χ0v) is 7.62. The quantitative estimate of drug-likeness (QED) is 0.726. The van der Waals surface area contributed by atoms with Crippen molar-refractivity contribution in [3.05, 3.63) is 28.2 Å². The predicted molar refractivity (Wildman–Crippen MR) is 47.6 cm³/mol. The van der Waals surface area contributed by atoms with E-state index in [1.807, 2.05) is 0 Å². The minimum atomic E-state index is -0.751. The monoisotopic (exact) mass is 198 g/mol. The lowest BCUT2D eigenvalue weighted by Gasteiger charge is -2.21. The SMILES string of the molecule is O=c1[nH]cnc(C2CCOCC2)c1F. The molecule has 0 aromatic carbocycles. The minimum Gasteiger partial charge on any atom is -0.381 e. The fourth-order valence-corrected chi connectivity index (χ4v) is 1.65. The Kier molecular flexibility index (Phi) is 2.58. The Hall–Kier alpha value is -1.23. The Morgan fingerprint density at radius 3 is 2.93 bits per heavy atom. The molecule has 0 saturated carbocycles. The predicted octanol–water partition coefficient (Wildman–Crippen LogP) is 0.803. The van der Waals surface area contributed by atoms with Gasteiger partial charge in [-0.05, 0) is 12.8 Å². The standard InChI is InChI=1S/C9H11FN2O2/c10-7-8(11-5-12-9(7)13)6-1-3-14-4-2-6/h5-6H,1-4H2,(H,11,12,13). The van der Waals surface area contributed by atoms with Gasteiger partial charge < -0.3 is 9.72 Å². The minimum absolute atomic E-state index is 0.0195. The lowest BCUT2D eigenvalue weighted by molar-refractivity contribution is 0.0836. The van der Waals surface area contributed by atoms with Crippen LogP contribution in [0.4, 0.5) is 4.39 Å². The number of aromatic nitrogens is 2. The van der Waals surface area contributed by atoms with Crippen LogP contribution >= 0.6 is 0 Å². The highest BCUT2D eigenvalue weighted by Crippen LogP contribution is 2.25. The summed E-state index contributed by atoms with van der Waals surface area (Å²) in [6.07, 6.45) is 2.71. The van der Waals surface area contributed by atoms with Gasteiger partial charge in [-0.1, -0.05) is 0 Å². The van der Waals surface area contributed by atoms with Crippen LogP contribution in [0, 0.1) is 5.82 Å². The zero-order chi connectivity index (χ0) is 9.97. The summed E-state index contributed by atoms with van der Waals surface area (Å²) in [6.45, 7) is 1.22. The number of H-pyrrole nitrogens is 1. The lowest BCUT2D eigenvalue weighted by atomic mass is 9.96. The van der Waals surface area contributed by atoms with Gasteiger partial charge in [-0.15, -0.1) is 0 Å². The van der Waals surface area contributed by atoms with Crippen LogP contribution in [-0.4, -0.2) is 23.2 Å². The van der Waals surface area contributed by atoms with Gasteiger partial charge in [0.1, 0.15) is 0 Å². The topological polar surface area (TPSA) is 55.0 Å². The van der Waals surface area contributed by atoms with Gasteiger partial charge in [-0.2, -0.15) is 4.39 Å². The van der Waals surface area contributed by atoms with Crippen molar-refractivity contribution in [3.63, 3.8) is 0 Å². The summed E-state index contributed by atoms with van der Waals surface area (Å²) in [5.41, 5.74) is -0.418. The maximum atomic E-state index is 13.3. The van der Waals surface area contributed by atoms with Crippen molar-refractivity contribution in [2.45, 2.75) is 18.8 Å². The second-order valence-electron chi connectivity index (χ2n) is 3.32. The summed E-state index contributed by atoms with van der Waals surface area (Å²) in [4.78, 5) is 17.1. The Bertz CT molecular complexity index is 371. The van der Waals surface area contributed by atoms with Crippen molar-refractivity contribution in [2.75, 3.05) is 13.2 Å². The molecule has 1 fully saturated rings. The molecule has 5 heteroatoms. The van der Waals surface area contributed by atoms with Gasteiger partial charge in [0, 0.05) is 19.1 Å². The second-order valence-corrected chi connectivity index (χ2v) is 3.32. The molecular formula is C9H11FN2O2. The van der Waals surface area contributed by atoms with E-state index in [1.165, 1.54) is 6.33 Å².